The molecular formula is C11H11F3N. The highest BCUT2D eigenvalue weighted by Crippen LogP contribution is 2.35. The van der Waals surface area contributed by atoms with Crippen molar-refractivity contribution in [2.24, 2.45) is 5.92 Å². The van der Waals surface area contributed by atoms with Crippen LogP contribution in [0.3, 0.4) is 0 Å². The van der Waals surface area contributed by atoms with Crippen molar-refractivity contribution in [2.75, 3.05) is 18.0 Å². The largest absolute Gasteiger partial charge is 0.393 e. The van der Waals surface area contributed by atoms with Gasteiger partial charge in [-0.25, -0.2) is 0 Å². The molecule has 0 spiro atoms. The van der Waals surface area contributed by atoms with Crippen LogP contribution >= 0.6 is 0 Å². The first-order chi connectivity index (χ1) is 7.07. The van der Waals surface area contributed by atoms with Crippen molar-refractivity contribution < 1.29 is 13.2 Å². The summed E-state index contributed by atoms with van der Waals surface area (Å²) in [5.41, 5.74) is 0.823. The number of nitrogens with zero attached hydrogens (tertiary/aromatic N) is 1. The molecule has 0 aromatic heterocycles. The standard InChI is InChI=1S/C11H11F3N/c12-11(13,14)9-6-7-15(8-9)10-4-2-1-3-5-10/h1-2,4-5,9H,6-8H2/t9-/m0/s1. The van der Waals surface area contributed by atoms with Crippen LogP contribution in [0.5, 0.6) is 0 Å². The van der Waals surface area contributed by atoms with Gasteiger partial charge in [-0.1, -0.05) is 12.1 Å². The molecule has 1 fully saturated rings. The van der Waals surface area contributed by atoms with Gasteiger partial charge >= 0.3 is 6.18 Å². The highest BCUT2D eigenvalue weighted by molar-refractivity contribution is 5.46. The molecule has 2 rings (SSSR count). The van der Waals surface area contributed by atoms with Crippen LogP contribution in [0.1, 0.15) is 6.42 Å². The van der Waals surface area contributed by atoms with Gasteiger partial charge in [0, 0.05) is 18.8 Å². The molecule has 0 saturated carbocycles. The first-order valence-electron chi connectivity index (χ1n) is 4.85. The summed E-state index contributed by atoms with van der Waals surface area (Å²) < 4.78 is 37.2. The molecule has 1 saturated heterocycles. The third-order valence-corrected chi connectivity index (χ3v) is 2.71. The molecule has 1 aromatic carbocycles. The Bertz CT molecular complexity index is 320. The van der Waals surface area contributed by atoms with E-state index in [1.165, 1.54) is 0 Å². The zero-order valence-corrected chi connectivity index (χ0v) is 8.09. The highest BCUT2D eigenvalue weighted by atomic mass is 19.4. The number of rotatable bonds is 1. The van der Waals surface area contributed by atoms with Gasteiger partial charge in [-0.3, -0.25) is 0 Å². The molecule has 1 radical (unpaired) electrons. The fraction of sp³-hybridized carbons (Fsp3) is 0.455. The molecule has 1 aliphatic rings. The molecule has 0 amide bonds. The minimum atomic E-state index is -4.06. The lowest BCUT2D eigenvalue weighted by atomic mass is 10.1. The lowest BCUT2D eigenvalue weighted by Crippen LogP contribution is -2.27. The van der Waals surface area contributed by atoms with E-state index in [0.717, 1.165) is 5.69 Å². The minimum Gasteiger partial charge on any atom is -0.371 e. The Kier molecular flexibility index (Phi) is 2.59. The van der Waals surface area contributed by atoms with E-state index in [9.17, 15) is 13.2 Å². The first kappa shape index (κ1) is 10.3. The maximum absolute atomic E-state index is 12.4. The van der Waals surface area contributed by atoms with Crippen LogP contribution in [0.15, 0.2) is 24.3 Å². The first-order valence-corrected chi connectivity index (χ1v) is 4.85. The molecule has 1 heterocycles. The molecular weight excluding hydrogens is 203 g/mol. The molecule has 15 heavy (non-hydrogen) atoms. The summed E-state index contributed by atoms with van der Waals surface area (Å²) in [7, 11) is 0. The zero-order chi connectivity index (χ0) is 10.9. The van der Waals surface area contributed by atoms with Crippen LogP contribution in [0.25, 0.3) is 0 Å². The smallest absolute Gasteiger partial charge is 0.371 e. The van der Waals surface area contributed by atoms with Gasteiger partial charge in [0.1, 0.15) is 0 Å². The molecule has 0 aliphatic carbocycles. The van der Waals surface area contributed by atoms with Gasteiger partial charge < -0.3 is 4.90 Å². The fourth-order valence-corrected chi connectivity index (χ4v) is 1.84. The molecule has 1 aliphatic heterocycles. The Morgan fingerprint density at radius 1 is 1.40 bits per heavy atom. The summed E-state index contributed by atoms with van der Waals surface area (Å²) in [6, 6.07) is 9.93. The molecule has 1 atom stereocenters. The topological polar surface area (TPSA) is 3.24 Å². The van der Waals surface area contributed by atoms with E-state index < -0.39 is 12.1 Å². The maximum atomic E-state index is 12.4. The van der Waals surface area contributed by atoms with Gasteiger partial charge in [0.05, 0.1) is 5.92 Å². The van der Waals surface area contributed by atoms with E-state index in [-0.39, 0.29) is 13.0 Å². The molecule has 0 N–H and O–H groups in total. The van der Waals surface area contributed by atoms with Crippen molar-refractivity contribution in [1.29, 1.82) is 0 Å². The monoisotopic (exact) mass is 214 g/mol. The van der Waals surface area contributed by atoms with Crippen molar-refractivity contribution in [3.8, 4) is 0 Å². The summed E-state index contributed by atoms with van der Waals surface area (Å²) in [5.74, 6) is -1.18. The van der Waals surface area contributed by atoms with Gasteiger partial charge in [0.15, 0.2) is 0 Å². The average Bonchev–Trinajstić information content (AvgIpc) is 2.67. The average molecular weight is 214 g/mol. The van der Waals surface area contributed by atoms with Gasteiger partial charge in [0.25, 0.3) is 0 Å². The van der Waals surface area contributed by atoms with Gasteiger partial charge in [-0.05, 0) is 24.6 Å². The highest BCUT2D eigenvalue weighted by Gasteiger charge is 2.43. The van der Waals surface area contributed by atoms with Gasteiger partial charge in [0.2, 0.25) is 0 Å². The van der Waals surface area contributed by atoms with Crippen LogP contribution in [0.4, 0.5) is 18.9 Å². The summed E-state index contributed by atoms with van der Waals surface area (Å²) in [4.78, 5) is 1.76. The number of hydrogen-bond donors (Lipinski definition) is 0. The van der Waals surface area contributed by atoms with Crippen molar-refractivity contribution in [3.63, 3.8) is 0 Å². The summed E-state index contributed by atoms with van der Waals surface area (Å²) >= 11 is 0. The van der Waals surface area contributed by atoms with Crippen LogP contribution in [0, 0.1) is 12.0 Å². The Labute approximate surface area is 86.5 Å². The Balaban J connectivity index is 2.05. The molecule has 1 aromatic rings. The Hall–Kier alpha value is -1.19. The van der Waals surface area contributed by atoms with E-state index in [2.05, 4.69) is 6.07 Å². The number of benzene rings is 1. The fourth-order valence-electron chi connectivity index (χ4n) is 1.84. The van der Waals surface area contributed by atoms with E-state index in [1.807, 2.05) is 6.07 Å². The molecule has 1 nitrogen and oxygen atoms in total. The predicted molar refractivity (Wildman–Crippen MR) is 51.7 cm³/mol. The predicted octanol–water partition coefficient (Wildman–Crippen LogP) is 2.88. The normalized spacial score (nSPS) is 22.1. The Morgan fingerprint density at radius 2 is 2.20 bits per heavy atom. The zero-order valence-electron chi connectivity index (χ0n) is 8.09. The third-order valence-electron chi connectivity index (χ3n) is 2.71. The second-order valence-electron chi connectivity index (χ2n) is 3.73. The summed E-state index contributed by atoms with van der Waals surface area (Å²) in [5, 5.41) is 0. The lowest BCUT2D eigenvalue weighted by molar-refractivity contribution is -0.168. The molecule has 4 heteroatoms. The lowest BCUT2D eigenvalue weighted by Gasteiger charge is -2.19. The van der Waals surface area contributed by atoms with E-state index in [0.29, 0.717) is 6.54 Å². The van der Waals surface area contributed by atoms with Crippen molar-refractivity contribution in [3.05, 3.63) is 30.3 Å². The number of anilines is 1. The van der Waals surface area contributed by atoms with Gasteiger partial charge in [-0.15, -0.1) is 0 Å². The van der Waals surface area contributed by atoms with Crippen LogP contribution in [0.2, 0.25) is 0 Å². The number of alkyl halides is 3. The van der Waals surface area contributed by atoms with Crippen molar-refractivity contribution in [1.82, 2.24) is 0 Å². The van der Waals surface area contributed by atoms with Crippen LogP contribution in [-0.4, -0.2) is 19.3 Å². The summed E-state index contributed by atoms with van der Waals surface area (Å²) in [6.07, 6.45) is -3.87. The van der Waals surface area contributed by atoms with E-state index in [4.69, 9.17) is 0 Å². The Morgan fingerprint density at radius 3 is 2.73 bits per heavy atom. The SMILES string of the molecule is FC(F)(F)[C@H]1CCN(c2c[c]ccc2)C1. The minimum absolute atomic E-state index is 0.0708. The molecule has 81 valence electrons. The van der Waals surface area contributed by atoms with E-state index >= 15 is 0 Å². The third kappa shape index (κ3) is 2.25. The second kappa shape index (κ2) is 3.76. The number of halogens is 3. The van der Waals surface area contributed by atoms with Crippen LogP contribution in [-0.2, 0) is 0 Å². The van der Waals surface area contributed by atoms with Gasteiger partial charge in [-0.2, -0.15) is 13.2 Å². The van der Waals surface area contributed by atoms with E-state index in [1.54, 1.807) is 23.1 Å². The molecule has 0 bridgehead atoms. The second-order valence-corrected chi connectivity index (χ2v) is 3.73. The summed E-state index contributed by atoms with van der Waals surface area (Å²) in [6.45, 7) is 0.545. The molecule has 0 unspecified atom stereocenters. The van der Waals surface area contributed by atoms with Crippen LogP contribution < -0.4 is 4.90 Å². The van der Waals surface area contributed by atoms with Crippen molar-refractivity contribution >= 4 is 5.69 Å². The number of hydrogen-bond acceptors (Lipinski definition) is 1. The maximum Gasteiger partial charge on any atom is 0.393 e. The quantitative estimate of drug-likeness (QED) is 0.694. The van der Waals surface area contributed by atoms with Crippen molar-refractivity contribution in [2.45, 2.75) is 12.6 Å².